The number of hydrogen-bond acceptors (Lipinski definition) is 5. The lowest BCUT2D eigenvalue weighted by molar-refractivity contribution is -0.138. The summed E-state index contributed by atoms with van der Waals surface area (Å²) in [5.41, 5.74) is 5.54. The number of aliphatic hydroxyl groups excluding tert-OH is 1. The Balaban J connectivity index is 4.51. The smallest absolute Gasteiger partial charge is 0.321 e. The molecule has 0 heterocycles. The fraction of sp³-hybridized carbons (Fsp3) is 0.565. The monoisotopic (exact) mass is 439 g/mol. The number of carbonyl (C=O) groups is 2. The zero-order valence-electron chi connectivity index (χ0n) is 17.9. The van der Waals surface area contributed by atoms with Crippen molar-refractivity contribution in [2.24, 2.45) is 5.73 Å². The molecule has 0 aliphatic heterocycles. The molecule has 0 rings (SSSR count). The predicted molar refractivity (Wildman–Crippen MR) is 125 cm³/mol. The molecule has 0 spiro atoms. The van der Waals surface area contributed by atoms with Crippen LogP contribution in [0.25, 0.3) is 0 Å². The van der Waals surface area contributed by atoms with Gasteiger partial charge in [-0.2, -0.15) is 0 Å². The Labute approximate surface area is 184 Å². The van der Waals surface area contributed by atoms with Gasteiger partial charge in [-0.25, -0.2) is 0 Å². The van der Waals surface area contributed by atoms with Gasteiger partial charge in [0.1, 0.15) is 6.04 Å². The van der Waals surface area contributed by atoms with E-state index < -0.39 is 24.1 Å². The van der Waals surface area contributed by atoms with Crippen molar-refractivity contribution in [3.05, 3.63) is 48.6 Å². The van der Waals surface area contributed by atoms with Crippen LogP contribution >= 0.6 is 11.8 Å². The molecule has 3 unspecified atom stereocenters. The highest BCUT2D eigenvalue weighted by Gasteiger charge is 2.20. The first kappa shape index (κ1) is 28.2. The molecule has 0 aliphatic carbocycles. The molecule has 170 valence electrons. The number of aliphatic carboxylic acids is 2. The van der Waals surface area contributed by atoms with Crippen LogP contribution in [0, 0.1) is 0 Å². The van der Waals surface area contributed by atoms with E-state index in [9.17, 15) is 14.7 Å². The Hall–Kier alpha value is -1.83. The van der Waals surface area contributed by atoms with E-state index in [0.717, 1.165) is 12.8 Å². The molecule has 6 nitrogen and oxygen atoms in total. The number of carboxylic acid groups (broad SMARTS) is 2. The van der Waals surface area contributed by atoms with Gasteiger partial charge in [-0.1, -0.05) is 68.4 Å². The molecule has 0 amide bonds. The summed E-state index contributed by atoms with van der Waals surface area (Å²) in [6.07, 6.45) is 21.3. The van der Waals surface area contributed by atoms with E-state index in [4.69, 9.17) is 15.9 Å². The van der Waals surface area contributed by atoms with Crippen LogP contribution in [0.3, 0.4) is 0 Å². The van der Waals surface area contributed by atoms with Crippen LogP contribution in [0.4, 0.5) is 0 Å². The number of aliphatic hydroxyl groups is 1. The summed E-state index contributed by atoms with van der Waals surface area (Å²) in [5.74, 6) is -1.83. The molecule has 0 aromatic heterocycles. The van der Waals surface area contributed by atoms with E-state index in [1.807, 2.05) is 18.2 Å². The fourth-order valence-corrected chi connectivity index (χ4v) is 3.60. The van der Waals surface area contributed by atoms with Gasteiger partial charge < -0.3 is 21.1 Å². The van der Waals surface area contributed by atoms with Gasteiger partial charge >= 0.3 is 11.9 Å². The zero-order valence-corrected chi connectivity index (χ0v) is 18.7. The first-order valence-corrected chi connectivity index (χ1v) is 11.6. The van der Waals surface area contributed by atoms with E-state index in [0.29, 0.717) is 12.8 Å². The lowest BCUT2D eigenvalue weighted by atomic mass is 10.1. The van der Waals surface area contributed by atoms with Gasteiger partial charge in [0, 0.05) is 17.4 Å². The number of unbranched alkanes of at least 4 members (excludes halogenated alkanes) is 3. The Kier molecular flexibility index (Phi) is 18.0. The first-order chi connectivity index (χ1) is 14.4. The number of carboxylic acids is 2. The highest BCUT2D eigenvalue weighted by molar-refractivity contribution is 8.00. The van der Waals surface area contributed by atoms with Gasteiger partial charge in [0.2, 0.25) is 0 Å². The lowest BCUT2D eigenvalue weighted by Gasteiger charge is -2.20. The molecule has 0 saturated heterocycles. The van der Waals surface area contributed by atoms with Crippen LogP contribution < -0.4 is 5.73 Å². The number of hydrogen-bond donors (Lipinski definition) is 4. The number of rotatable bonds is 18. The van der Waals surface area contributed by atoms with E-state index >= 15 is 0 Å². The molecule has 5 N–H and O–H groups in total. The van der Waals surface area contributed by atoms with Gasteiger partial charge in [-0.15, -0.1) is 11.8 Å². The van der Waals surface area contributed by atoms with Crippen molar-refractivity contribution in [1.82, 2.24) is 0 Å². The number of thioether (sulfide) groups is 1. The Bertz CT molecular complexity index is 586. The third kappa shape index (κ3) is 17.1. The van der Waals surface area contributed by atoms with Gasteiger partial charge in [0.25, 0.3) is 0 Å². The minimum absolute atomic E-state index is 0.00938. The van der Waals surface area contributed by atoms with Crippen LogP contribution in [-0.4, -0.2) is 50.4 Å². The topological polar surface area (TPSA) is 121 Å². The molecule has 0 bridgehead atoms. The van der Waals surface area contributed by atoms with Crippen molar-refractivity contribution < 1.29 is 24.9 Å². The molecule has 0 aromatic rings. The molecule has 0 radical (unpaired) electrons. The molecule has 7 heteroatoms. The van der Waals surface area contributed by atoms with Crippen molar-refractivity contribution in [1.29, 1.82) is 0 Å². The minimum Gasteiger partial charge on any atom is -0.481 e. The van der Waals surface area contributed by atoms with E-state index in [2.05, 4.69) is 25.2 Å². The largest absolute Gasteiger partial charge is 0.481 e. The van der Waals surface area contributed by atoms with E-state index in [-0.39, 0.29) is 17.4 Å². The molecule has 0 saturated carbocycles. The van der Waals surface area contributed by atoms with Crippen LogP contribution in [0.15, 0.2) is 48.6 Å². The summed E-state index contributed by atoms with van der Waals surface area (Å²) in [4.78, 5) is 21.5. The third-order valence-electron chi connectivity index (χ3n) is 4.24. The quantitative estimate of drug-likeness (QED) is 0.143. The number of nitrogens with two attached hydrogens (primary N) is 1. The standard InChI is InChI=1S/C23H37NO5S/c1-2-3-4-5-6-7-8-9-10-11-12-13-16-21(30-18-19(24)23(28)29)20(25)15-14-17-22(26)27/h6-7,9-13,16,19-21,25H,2-5,8,14-15,17-18,24H2,1H3,(H,26,27)(H,28,29)/b7-6+,10-9+,12-11+,16-13+. The van der Waals surface area contributed by atoms with E-state index in [1.165, 1.54) is 31.0 Å². The molecular weight excluding hydrogens is 402 g/mol. The van der Waals surface area contributed by atoms with Gasteiger partial charge in [0.15, 0.2) is 0 Å². The van der Waals surface area contributed by atoms with Crippen molar-refractivity contribution in [3.8, 4) is 0 Å². The molecule has 3 atom stereocenters. The Morgan fingerprint density at radius 1 is 1.00 bits per heavy atom. The SMILES string of the molecule is CCCCC/C=C/C/C=C/C=C/C=C/C(SCC(N)C(=O)O)C(O)CCCC(=O)O. The summed E-state index contributed by atoms with van der Waals surface area (Å²) in [5, 5.41) is 27.6. The molecular formula is C23H37NO5S. The summed E-state index contributed by atoms with van der Waals surface area (Å²) in [6, 6.07) is -1.01. The maximum atomic E-state index is 10.9. The summed E-state index contributed by atoms with van der Waals surface area (Å²) >= 11 is 1.26. The van der Waals surface area contributed by atoms with Crippen LogP contribution in [0.1, 0.15) is 58.3 Å². The third-order valence-corrected chi connectivity index (χ3v) is 5.65. The minimum atomic E-state index is -1.09. The average Bonchev–Trinajstić information content (AvgIpc) is 2.70. The summed E-state index contributed by atoms with van der Waals surface area (Å²) in [7, 11) is 0. The molecule has 0 aromatic carbocycles. The van der Waals surface area contributed by atoms with Crippen molar-refractivity contribution in [2.75, 3.05) is 5.75 Å². The number of allylic oxidation sites excluding steroid dienone is 7. The predicted octanol–water partition coefficient (Wildman–Crippen LogP) is 4.31. The second-order valence-corrected chi connectivity index (χ2v) is 8.21. The van der Waals surface area contributed by atoms with Crippen molar-refractivity contribution >= 4 is 23.7 Å². The summed E-state index contributed by atoms with van der Waals surface area (Å²) < 4.78 is 0. The second-order valence-electron chi connectivity index (χ2n) is 7.00. The highest BCUT2D eigenvalue weighted by Crippen LogP contribution is 2.21. The van der Waals surface area contributed by atoms with Crippen LogP contribution in [-0.2, 0) is 9.59 Å². The van der Waals surface area contributed by atoms with Gasteiger partial charge in [0.05, 0.1) is 6.10 Å². The normalized spacial score (nSPS) is 15.4. The van der Waals surface area contributed by atoms with Gasteiger partial charge in [-0.3, -0.25) is 9.59 Å². The van der Waals surface area contributed by atoms with Crippen molar-refractivity contribution in [2.45, 2.75) is 75.7 Å². The fourth-order valence-electron chi connectivity index (χ4n) is 2.47. The maximum Gasteiger partial charge on any atom is 0.321 e. The van der Waals surface area contributed by atoms with Gasteiger partial charge in [-0.05, 0) is 32.1 Å². The molecule has 0 fully saturated rings. The second kappa shape index (κ2) is 19.2. The van der Waals surface area contributed by atoms with Crippen molar-refractivity contribution in [3.63, 3.8) is 0 Å². The Morgan fingerprint density at radius 3 is 2.40 bits per heavy atom. The van der Waals surface area contributed by atoms with E-state index in [1.54, 1.807) is 12.2 Å². The van der Waals surface area contributed by atoms with Crippen LogP contribution in [0.5, 0.6) is 0 Å². The zero-order chi connectivity index (χ0) is 22.6. The van der Waals surface area contributed by atoms with Crippen LogP contribution in [0.2, 0.25) is 0 Å². The molecule has 30 heavy (non-hydrogen) atoms. The highest BCUT2D eigenvalue weighted by atomic mass is 32.2. The lowest BCUT2D eigenvalue weighted by Crippen LogP contribution is -2.34. The Morgan fingerprint density at radius 2 is 1.73 bits per heavy atom. The summed E-state index contributed by atoms with van der Waals surface area (Å²) in [6.45, 7) is 2.19. The first-order valence-electron chi connectivity index (χ1n) is 10.5. The maximum absolute atomic E-state index is 10.9. The average molecular weight is 440 g/mol. The molecule has 0 aliphatic rings.